The van der Waals surface area contributed by atoms with Crippen LogP contribution in [0.2, 0.25) is 5.02 Å². The van der Waals surface area contributed by atoms with Gasteiger partial charge in [0.1, 0.15) is 6.61 Å². The van der Waals surface area contributed by atoms with Gasteiger partial charge in [-0.25, -0.2) is 4.39 Å². The average Bonchev–Trinajstić information content (AvgIpc) is 2.74. The van der Waals surface area contributed by atoms with Gasteiger partial charge in [-0.2, -0.15) is 5.10 Å². The van der Waals surface area contributed by atoms with Crippen molar-refractivity contribution < 1.29 is 9.13 Å². The van der Waals surface area contributed by atoms with Crippen molar-refractivity contribution in [2.75, 3.05) is 5.73 Å². The molecule has 0 aliphatic heterocycles. The highest BCUT2D eigenvalue weighted by atomic mass is 35.5. The quantitative estimate of drug-likeness (QED) is 0.860. The Hall–Kier alpha value is -1.75. The Labute approximate surface area is 122 Å². The maximum absolute atomic E-state index is 13.6. The Morgan fingerprint density at radius 2 is 2.15 bits per heavy atom. The molecule has 0 fully saturated rings. The molecule has 0 amide bonds. The Morgan fingerprint density at radius 1 is 1.40 bits per heavy atom. The highest BCUT2D eigenvalue weighted by Gasteiger charge is 2.16. The third-order valence-corrected chi connectivity index (χ3v) is 3.48. The summed E-state index contributed by atoms with van der Waals surface area (Å²) in [6, 6.07) is 4.44. The van der Waals surface area contributed by atoms with E-state index >= 15 is 0 Å². The van der Waals surface area contributed by atoms with Crippen LogP contribution in [0.5, 0.6) is 5.75 Å². The van der Waals surface area contributed by atoms with Crippen molar-refractivity contribution in [2.24, 2.45) is 0 Å². The van der Waals surface area contributed by atoms with Crippen molar-refractivity contribution in [1.29, 1.82) is 0 Å². The van der Waals surface area contributed by atoms with Gasteiger partial charge in [0.25, 0.3) is 0 Å². The van der Waals surface area contributed by atoms with Crippen LogP contribution in [-0.2, 0) is 19.6 Å². The van der Waals surface area contributed by atoms with E-state index in [0.717, 1.165) is 17.8 Å². The van der Waals surface area contributed by atoms with E-state index in [2.05, 4.69) is 5.10 Å². The Morgan fingerprint density at radius 3 is 2.75 bits per heavy atom. The van der Waals surface area contributed by atoms with E-state index in [4.69, 9.17) is 22.1 Å². The minimum Gasteiger partial charge on any atom is -0.482 e. The van der Waals surface area contributed by atoms with Gasteiger partial charge < -0.3 is 10.5 Å². The molecule has 108 valence electrons. The second-order valence-electron chi connectivity index (χ2n) is 4.32. The number of nitrogens with two attached hydrogens (primary N) is 1. The summed E-state index contributed by atoms with van der Waals surface area (Å²) < 4.78 is 20.9. The smallest absolute Gasteiger partial charge is 0.178 e. The van der Waals surface area contributed by atoms with E-state index in [9.17, 15) is 4.39 Å². The van der Waals surface area contributed by atoms with Crippen molar-refractivity contribution in [1.82, 2.24) is 9.78 Å². The standard InChI is InChI=1S/C14H17ClFN3O/c1-3-11-13(15)12(19(4-2)18-11)8-20-14-9(16)6-5-7-10(14)17/h5-7H,3-4,8,17H2,1-2H3. The SMILES string of the molecule is CCc1nn(CC)c(COc2c(N)cccc2F)c1Cl. The van der Waals surface area contributed by atoms with Crippen LogP contribution in [-0.4, -0.2) is 9.78 Å². The monoisotopic (exact) mass is 297 g/mol. The number of rotatable bonds is 5. The molecular formula is C14H17ClFN3O. The lowest BCUT2D eigenvalue weighted by atomic mass is 10.3. The molecule has 1 heterocycles. The van der Waals surface area contributed by atoms with Gasteiger partial charge >= 0.3 is 0 Å². The van der Waals surface area contributed by atoms with E-state index in [0.29, 0.717) is 11.6 Å². The molecular weight excluding hydrogens is 281 g/mol. The molecule has 0 aliphatic carbocycles. The van der Waals surface area contributed by atoms with Crippen LogP contribution >= 0.6 is 11.6 Å². The fourth-order valence-electron chi connectivity index (χ4n) is 1.97. The molecule has 0 atom stereocenters. The van der Waals surface area contributed by atoms with Gasteiger partial charge in [-0.3, -0.25) is 4.68 Å². The summed E-state index contributed by atoms with van der Waals surface area (Å²) in [7, 11) is 0. The Bertz CT molecular complexity index is 592. The van der Waals surface area contributed by atoms with Crippen LogP contribution in [0.4, 0.5) is 10.1 Å². The number of nitrogens with zero attached hydrogens (tertiary/aromatic N) is 2. The number of nitrogen functional groups attached to an aromatic ring is 1. The number of ether oxygens (including phenoxy) is 1. The van der Waals surface area contributed by atoms with Gasteiger partial charge in [0.2, 0.25) is 0 Å². The molecule has 20 heavy (non-hydrogen) atoms. The molecule has 6 heteroatoms. The highest BCUT2D eigenvalue weighted by molar-refractivity contribution is 6.31. The molecule has 0 bridgehead atoms. The lowest BCUT2D eigenvalue weighted by Gasteiger charge is -2.11. The molecule has 2 rings (SSSR count). The average molecular weight is 298 g/mol. The number of benzene rings is 1. The largest absolute Gasteiger partial charge is 0.482 e. The lowest BCUT2D eigenvalue weighted by Crippen LogP contribution is -2.08. The van der Waals surface area contributed by atoms with Gasteiger partial charge in [0.15, 0.2) is 11.6 Å². The maximum Gasteiger partial charge on any atom is 0.178 e. The molecule has 1 aromatic heterocycles. The third kappa shape index (κ3) is 2.72. The fraction of sp³-hybridized carbons (Fsp3) is 0.357. The van der Waals surface area contributed by atoms with E-state index in [1.807, 2.05) is 13.8 Å². The number of hydrogen-bond donors (Lipinski definition) is 1. The first-order valence-corrected chi connectivity index (χ1v) is 6.87. The first kappa shape index (κ1) is 14.7. The van der Waals surface area contributed by atoms with Crippen LogP contribution in [0.25, 0.3) is 0 Å². The minimum absolute atomic E-state index is 0.0467. The van der Waals surface area contributed by atoms with E-state index in [1.54, 1.807) is 10.7 Å². The number of para-hydroxylation sites is 1. The Kier molecular flexibility index (Phi) is 4.49. The molecule has 2 N–H and O–H groups in total. The number of hydrogen-bond acceptors (Lipinski definition) is 3. The van der Waals surface area contributed by atoms with Crippen molar-refractivity contribution in [3.05, 3.63) is 40.4 Å². The molecule has 0 aliphatic rings. The van der Waals surface area contributed by atoms with Crippen LogP contribution in [0.1, 0.15) is 25.2 Å². The maximum atomic E-state index is 13.6. The number of aryl methyl sites for hydroxylation is 2. The second-order valence-corrected chi connectivity index (χ2v) is 4.70. The van der Waals surface area contributed by atoms with Crippen LogP contribution in [0.3, 0.4) is 0 Å². The molecule has 1 aromatic carbocycles. The van der Waals surface area contributed by atoms with Crippen LogP contribution in [0, 0.1) is 5.82 Å². The first-order valence-electron chi connectivity index (χ1n) is 6.49. The summed E-state index contributed by atoms with van der Waals surface area (Å²) in [5.41, 5.74) is 7.51. The van der Waals surface area contributed by atoms with Gasteiger partial charge in [-0.05, 0) is 25.5 Å². The minimum atomic E-state index is -0.487. The molecule has 4 nitrogen and oxygen atoms in total. The van der Waals surface area contributed by atoms with Crippen molar-refractivity contribution in [2.45, 2.75) is 33.4 Å². The molecule has 2 aromatic rings. The van der Waals surface area contributed by atoms with Crippen LogP contribution in [0.15, 0.2) is 18.2 Å². The lowest BCUT2D eigenvalue weighted by molar-refractivity contribution is 0.280. The highest BCUT2D eigenvalue weighted by Crippen LogP contribution is 2.28. The van der Waals surface area contributed by atoms with Gasteiger partial charge in [-0.1, -0.05) is 24.6 Å². The summed E-state index contributed by atoms with van der Waals surface area (Å²) in [5.74, 6) is -0.440. The van der Waals surface area contributed by atoms with Gasteiger partial charge in [0, 0.05) is 6.54 Å². The number of anilines is 1. The second kappa shape index (κ2) is 6.13. The van der Waals surface area contributed by atoms with E-state index in [-0.39, 0.29) is 18.0 Å². The predicted octanol–water partition coefficient (Wildman–Crippen LogP) is 3.42. The van der Waals surface area contributed by atoms with Crippen molar-refractivity contribution in [3.8, 4) is 5.75 Å². The van der Waals surface area contributed by atoms with Crippen molar-refractivity contribution in [3.63, 3.8) is 0 Å². The zero-order valence-corrected chi connectivity index (χ0v) is 12.2. The third-order valence-electron chi connectivity index (χ3n) is 3.04. The van der Waals surface area contributed by atoms with E-state index in [1.165, 1.54) is 12.1 Å². The van der Waals surface area contributed by atoms with Gasteiger partial charge in [-0.15, -0.1) is 0 Å². The molecule has 0 unspecified atom stereocenters. The number of aromatic nitrogens is 2. The molecule has 0 saturated carbocycles. The molecule has 0 saturated heterocycles. The topological polar surface area (TPSA) is 53.1 Å². The summed E-state index contributed by atoms with van der Waals surface area (Å²) >= 11 is 6.27. The summed E-state index contributed by atoms with van der Waals surface area (Å²) in [4.78, 5) is 0. The summed E-state index contributed by atoms with van der Waals surface area (Å²) in [6.45, 7) is 4.74. The molecule has 0 spiro atoms. The normalized spacial score (nSPS) is 10.8. The first-order chi connectivity index (χ1) is 9.58. The molecule has 0 radical (unpaired) electrons. The zero-order chi connectivity index (χ0) is 14.7. The zero-order valence-electron chi connectivity index (χ0n) is 11.5. The van der Waals surface area contributed by atoms with E-state index < -0.39 is 5.82 Å². The predicted molar refractivity (Wildman–Crippen MR) is 77.4 cm³/mol. The van der Waals surface area contributed by atoms with Gasteiger partial charge in [0.05, 0.1) is 22.1 Å². The van der Waals surface area contributed by atoms with Crippen molar-refractivity contribution >= 4 is 17.3 Å². The fourth-order valence-corrected chi connectivity index (χ4v) is 2.30. The van der Waals surface area contributed by atoms with Crippen LogP contribution < -0.4 is 10.5 Å². The summed E-state index contributed by atoms with van der Waals surface area (Å²) in [6.07, 6.45) is 0.737. The summed E-state index contributed by atoms with van der Waals surface area (Å²) in [5, 5.41) is 4.96. The number of halogens is 2. The Balaban J connectivity index is 2.25.